The molecule has 0 bridgehead atoms. The van der Waals surface area contributed by atoms with E-state index < -0.39 is 0 Å². The SMILES string of the molecule is CCCCn1c(-c2ccccc2)nc(-c2ccccc2)c1CN(Cc1ccc2c(c1)CCN2C(=O)OCC)Cc1ccc2c(c1)OCO2. The second-order valence-electron chi connectivity index (χ2n) is 12.4. The smallest absolute Gasteiger partial charge is 0.414 e. The molecule has 0 unspecified atom stereocenters. The summed E-state index contributed by atoms with van der Waals surface area (Å²) in [6.45, 7) is 8.32. The minimum absolute atomic E-state index is 0.250. The van der Waals surface area contributed by atoms with Crippen LogP contribution in [-0.4, -0.2) is 40.5 Å². The van der Waals surface area contributed by atoms with Crippen molar-refractivity contribution in [3.63, 3.8) is 0 Å². The van der Waals surface area contributed by atoms with Gasteiger partial charge in [0.05, 0.1) is 23.7 Å². The van der Waals surface area contributed by atoms with Gasteiger partial charge in [0.1, 0.15) is 5.82 Å². The number of hydrogen-bond acceptors (Lipinski definition) is 6. The number of hydrogen-bond donors (Lipinski definition) is 0. The fourth-order valence-electron chi connectivity index (χ4n) is 6.72. The first-order valence-electron chi connectivity index (χ1n) is 17.0. The number of aromatic nitrogens is 2. The van der Waals surface area contributed by atoms with Crippen molar-refractivity contribution in [3.05, 3.63) is 119 Å². The van der Waals surface area contributed by atoms with E-state index in [4.69, 9.17) is 19.2 Å². The molecular formula is C40H42N4O4. The van der Waals surface area contributed by atoms with Crippen molar-refractivity contribution in [1.29, 1.82) is 0 Å². The quantitative estimate of drug-likeness (QED) is 0.136. The van der Waals surface area contributed by atoms with Gasteiger partial charge in [-0.25, -0.2) is 9.78 Å². The number of nitrogens with zero attached hydrogens (tertiary/aromatic N) is 4. The zero-order valence-corrected chi connectivity index (χ0v) is 27.7. The Kier molecular flexibility index (Phi) is 9.43. The third kappa shape index (κ3) is 6.66. The lowest BCUT2D eigenvalue weighted by atomic mass is 10.1. The lowest BCUT2D eigenvalue weighted by Gasteiger charge is -2.25. The predicted molar refractivity (Wildman–Crippen MR) is 188 cm³/mol. The fourth-order valence-corrected chi connectivity index (χ4v) is 6.72. The summed E-state index contributed by atoms with van der Waals surface area (Å²) in [5, 5.41) is 0. The fraction of sp³-hybridized carbons (Fsp3) is 0.300. The van der Waals surface area contributed by atoms with E-state index in [1.54, 1.807) is 4.90 Å². The van der Waals surface area contributed by atoms with Gasteiger partial charge in [0, 0.05) is 43.9 Å². The normalized spacial score (nSPS) is 13.3. The summed E-state index contributed by atoms with van der Waals surface area (Å²) in [6, 6.07) is 33.7. The number of ether oxygens (including phenoxy) is 3. The van der Waals surface area contributed by atoms with Crippen molar-refractivity contribution in [2.24, 2.45) is 0 Å². The Balaban J connectivity index is 1.28. The molecule has 4 aromatic carbocycles. The minimum atomic E-state index is -0.281. The average molecular weight is 643 g/mol. The van der Waals surface area contributed by atoms with E-state index in [1.807, 2.05) is 13.0 Å². The predicted octanol–water partition coefficient (Wildman–Crippen LogP) is 8.47. The van der Waals surface area contributed by atoms with Crippen LogP contribution < -0.4 is 14.4 Å². The average Bonchev–Trinajstić information content (AvgIpc) is 3.85. The first kappa shape index (κ1) is 31.5. The van der Waals surface area contributed by atoms with Crippen molar-refractivity contribution in [1.82, 2.24) is 14.5 Å². The van der Waals surface area contributed by atoms with Gasteiger partial charge in [-0.2, -0.15) is 0 Å². The number of amides is 1. The molecule has 2 aliphatic rings. The highest BCUT2D eigenvalue weighted by molar-refractivity contribution is 5.90. The van der Waals surface area contributed by atoms with Crippen molar-refractivity contribution in [2.45, 2.75) is 59.3 Å². The molecule has 0 aliphatic carbocycles. The van der Waals surface area contributed by atoms with Crippen LogP contribution in [0.4, 0.5) is 10.5 Å². The Morgan fingerprint density at radius 2 is 1.54 bits per heavy atom. The Labute approximate surface area is 282 Å². The number of anilines is 1. The molecule has 0 fully saturated rings. The zero-order chi connectivity index (χ0) is 32.9. The second kappa shape index (κ2) is 14.4. The molecule has 48 heavy (non-hydrogen) atoms. The van der Waals surface area contributed by atoms with Gasteiger partial charge in [-0.05, 0) is 54.7 Å². The highest BCUT2D eigenvalue weighted by Gasteiger charge is 2.27. The summed E-state index contributed by atoms with van der Waals surface area (Å²) in [5.41, 5.74) is 8.90. The summed E-state index contributed by atoms with van der Waals surface area (Å²) in [7, 11) is 0. The highest BCUT2D eigenvalue weighted by atomic mass is 16.7. The van der Waals surface area contributed by atoms with Gasteiger partial charge < -0.3 is 18.8 Å². The molecule has 1 aromatic heterocycles. The van der Waals surface area contributed by atoms with E-state index in [0.29, 0.717) is 26.2 Å². The molecule has 0 spiro atoms. The van der Waals surface area contributed by atoms with Gasteiger partial charge in [0.25, 0.3) is 0 Å². The zero-order valence-electron chi connectivity index (χ0n) is 27.7. The third-order valence-corrected chi connectivity index (χ3v) is 9.04. The molecule has 8 nitrogen and oxygen atoms in total. The first-order valence-corrected chi connectivity index (χ1v) is 17.0. The number of carbonyl (C=O) groups excluding carboxylic acids is 1. The topological polar surface area (TPSA) is 69.1 Å². The molecule has 1 amide bonds. The Morgan fingerprint density at radius 3 is 2.29 bits per heavy atom. The van der Waals surface area contributed by atoms with E-state index in [1.165, 1.54) is 16.8 Å². The first-order chi connectivity index (χ1) is 23.6. The van der Waals surface area contributed by atoms with Gasteiger partial charge >= 0.3 is 6.09 Å². The van der Waals surface area contributed by atoms with Gasteiger partial charge in [0.2, 0.25) is 6.79 Å². The number of imidazole rings is 1. The standard InChI is InChI=1S/C40H42N4O4/c1-3-5-21-43-35(38(31-12-8-6-9-13-31)41-39(43)32-14-10-7-11-15-32)27-42(26-30-17-19-36-37(24-30)48-28-47-36)25-29-16-18-34-33(23-29)20-22-44(34)40(45)46-4-2/h6-19,23-24H,3-5,20-22,25-28H2,1-2H3. The van der Waals surface area contributed by atoms with E-state index >= 15 is 0 Å². The summed E-state index contributed by atoms with van der Waals surface area (Å²) in [5.74, 6) is 2.57. The van der Waals surface area contributed by atoms with Crippen LogP contribution in [0.5, 0.6) is 11.5 Å². The molecule has 8 heteroatoms. The number of unbranched alkanes of at least 4 members (excludes halogenated alkanes) is 1. The lowest BCUT2D eigenvalue weighted by Crippen LogP contribution is -2.29. The number of rotatable bonds is 12. The van der Waals surface area contributed by atoms with Gasteiger partial charge in [-0.15, -0.1) is 0 Å². The molecular weight excluding hydrogens is 600 g/mol. The van der Waals surface area contributed by atoms with Crippen molar-refractivity contribution in [3.8, 4) is 34.1 Å². The molecule has 0 atom stereocenters. The summed E-state index contributed by atoms with van der Waals surface area (Å²) >= 11 is 0. The van der Waals surface area contributed by atoms with Crippen LogP contribution in [0.3, 0.4) is 0 Å². The molecule has 7 rings (SSSR count). The summed E-state index contributed by atoms with van der Waals surface area (Å²) in [4.78, 5) is 22.2. The van der Waals surface area contributed by atoms with Gasteiger partial charge in [0.15, 0.2) is 11.5 Å². The number of carbonyl (C=O) groups is 1. The van der Waals surface area contributed by atoms with Crippen LogP contribution in [0.15, 0.2) is 97.1 Å². The van der Waals surface area contributed by atoms with Crippen molar-refractivity contribution < 1.29 is 19.0 Å². The van der Waals surface area contributed by atoms with Crippen LogP contribution in [0, 0.1) is 0 Å². The third-order valence-electron chi connectivity index (χ3n) is 9.04. The van der Waals surface area contributed by atoms with Crippen molar-refractivity contribution >= 4 is 11.8 Å². The van der Waals surface area contributed by atoms with Crippen LogP contribution in [0.1, 0.15) is 49.1 Å². The van der Waals surface area contributed by atoms with Crippen LogP contribution in [-0.2, 0) is 37.3 Å². The Bertz CT molecular complexity index is 1870. The Hall–Kier alpha value is -5.08. The molecule has 0 saturated carbocycles. The molecule has 0 N–H and O–H groups in total. The van der Waals surface area contributed by atoms with Crippen LogP contribution in [0.2, 0.25) is 0 Å². The molecule has 0 radical (unpaired) electrons. The maximum absolute atomic E-state index is 12.6. The minimum Gasteiger partial charge on any atom is -0.454 e. The van der Waals surface area contributed by atoms with Crippen molar-refractivity contribution in [2.75, 3.05) is 24.8 Å². The number of fused-ring (bicyclic) bond motifs is 2. The van der Waals surface area contributed by atoms with E-state index in [-0.39, 0.29) is 12.9 Å². The van der Waals surface area contributed by atoms with Crippen LogP contribution in [0.25, 0.3) is 22.6 Å². The molecule has 246 valence electrons. The van der Waals surface area contributed by atoms with E-state index in [9.17, 15) is 4.79 Å². The lowest BCUT2D eigenvalue weighted by molar-refractivity contribution is 0.160. The second-order valence-corrected chi connectivity index (χ2v) is 12.4. The molecule has 2 aliphatic heterocycles. The monoisotopic (exact) mass is 642 g/mol. The summed E-state index contributed by atoms with van der Waals surface area (Å²) in [6.07, 6.45) is 2.68. The molecule has 5 aromatic rings. The maximum Gasteiger partial charge on any atom is 0.414 e. The van der Waals surface area contributed by atoms with E-state index in [2.05, 4.69) is 107 Å². The maximum atomic E-state index is 12.6. The molecule has 3 heterocycles. The van der Waals surface area contributed by atoms with Crippen LogP contribution >= 0.6 is 0 Å². The highest BCUT2D eigenvalue weighted by Crippen LogP contribution is 2.35. The largest absolute Gasteiger partial charge is 0.454 e. The molecule has 0 saturated heterocycles. The van der Waals surface area contributed by atoms with Gasteiger partial charge in [-0.1, -0.05) is 92.2 Å². The van der Waals surface area contributed by atoms with Gasteiger partial charge in [-0.3, -0.25) is 9.80 Å². The summed E-state index contributed by atoms with van der Waals surface area (Å²) < 4.78 is 19.1. The Morgan fingerprint density at radius 1 is 0.833 bits per heavy atom. The van der Waals surface area contributed by atoms with E-state index in [0.717, 1.165) is 77.7 Å². The number of benzene rings is 4.